The van der Waals surface area contributed by atoms with E-state index in [1.165, 1.54) is 89.9 Å². The third kappa shape index (κ3) is 27.9. The highest BCUT2D eigenvalue weighted by atomic mass is 32.2. The number of carbonyl (C=O) groups is 1. The molecule has 8 nitrogen and oxygen atoms in total. The second-order valence-electron chi connectivity index (χ2n) is 12.3. The summed E-state index contributed by atoms with van der Waals surface area (Å²) in [5, 5.41) is 0. The largest absolute Gasteiger partial charge is 0.449 e. The number of nitrogens with zero attached hydrogens (tertiary/aromatic N) is 1. The number of methoxy groups -OCH3 is 1. The number of hydrogen-bond donors (Lipinski definition) is 0. The van der Waals surface area contributed by atoms with E-state index in [0.717, 1.165) is 51.2 Å². The highest BCUT2D eigenvalue weighted by molar-refractivity contribution is 7.85. The summed E-state index contributed by atoms with van der Waals surface area (Å²) < 4.78 is 43.6. The maximum absolute atomic E-state index is 12.4. The van der Waals surface area contributed by atoms with Crippen molar-refractivity contribution in [3.8, 4) is 0 Å². The van der Waals surface area contributed by atoms with Gasteiger partial charge >= 0.3 is 6.09 Å². The number of hydrogen-bond acceptors (Lipinski definition) is 7. The topological polar surface area (TPSA) is 91.4 Å². The van der Waals surface area contributed by atoms with Gasteiger partial charge in [0.1, 0.15) is 5.60 Å². The van der Waals surface area contributed by atoms with Crippen molar-refractivity contribution in [1.82, 2.24) is 4.90 Å². The van der Waals surface area contributed by atoms with Crippen molar-refractivity contribution in [3.05, 3.63) is 0 Å². The molecule has 0 saturated heterocycles. The summed E-state index contributed by atoms with van der Waals surface area (Å²) in [7, 11) is 0.0326. The number of unbranched alkanes of at least 4 members (excludes halogenated alkanes) is 19. The first-order chi connectivity index (χ1) is 20.1. The monoisotopic (exact) mass is 621 g/mol. The van der Waals surface area contributed by atoms with E-state index in [9.17, 15) is 13.2 Å². The van der Waals surface area contributed by atoms with Crippen LogP contribution in [0.2, 0.25) is 0 Å². The van der Waals surface area contributed by atoms with Crippen LogP contribution in [0.4, 0.5) is 4.79 Å². The minimum atomic E-state index is -3.34. The van der Waals surface area contributed by atoms with Crippen molar-refractivity contribution >= 4 is 16.2 Å². The van der Waals surface area contributed by atoms with Crippen LogP contribution < -0.4 is 0 Å². The van der Waals surface area contributed by atoms with Gasteiger partial charge in [-0.3, -0.25) is 4.18 Å². The number of amides is 1. The summed E-state index contributed by atoms with van der Waals surface area (Å²) in [6.45, 7) is 6.32. The van der Waals surface area contributed by atoms with Gasteiger partial charge in [0.05, 0.1) is 32.6 Å². The van der Waals surface area contributed by atoms with Gasteiger partial charge in [0, 0.05) is 20.8 Å². The third-order valence-corrected chi connectivity index (χ3v) is 8.33. The summed E-state index contributed by atoms with van der Waals surface area (Å²) in [6, 6.07) is 0. The molecule has 0 radical (unpaired) electrons. The van der Waals surface area contributed by atoms with E-state index < -0.39 is 15.7 Å². The molecule has 42 heavy (non-hydrogen) atoms. The molecule has 0 aromatic rings. The first-order valence-corrected chi connectivity index (χ1v) is 18.8. The Morgan fingerprint density at radius 2 is 1.07 bits per heavy atom. The summed E-state index contributed by atoms with van der Waals surface area (Å²) in [6.07, 6.45) is 26.5. The van der Waals surface area contributed by atoms with Gasteiger partial charge in [0.2, 0.25) is 0 Å². The highest BCUT2D eigenvalue weighted by Crippen LogP contribution is 2.15. The molecule has 0 aromatic heterocycles. The minimum absolute atomic E-state index is 0.247. The van der Waals surface area contributed by atoms with Crippen molar-refractivity contribution in [2.24, 2.45) is 0 Å². The van der Waals surface area contributed by atoms with Gasteiger partial charge in [0.15, 0.2) is 0 Å². The molecule has 0 spiro atoms. The van der Waals surface area contributed by atoms with Crippen LogP contribution in [0, 0.1) is 0 Å². The second-order valence-corrected chi connectivity index (χ2v) is 13.9. The summed E-state index contributed by atoms with van der Waals surface area (Å²) >= 11 is 0. The molecule has 0 aromatic carbocycles. The van der Waals surface area contributed by atoms with Crippen LogP contribution in [0.1, 0.15) is 149 Å². The molecule has 0 N–H and O–H groups in total. The fourth-order valence-corrected chi connectivity index (χ4v) is 5.41. The lowest BCUT2D eigenvalue weighted by atomic mass is 10.0. The smallest absolute Gasteiger partial charge is 0.409 e. The van der Waals surface area contributed by atoms with E-state index >= 15 is 0 Å². The van der Waals surface area contributed by atoms with E-state index in [-0.39, 0.29) is 12.7 Å². The third-order valence-electron chi connectivity index (χ3n) is 7.74. The van der Waals surface area contributed by atoms with Gasteiger partial charge in [0.25, 0.3) is 10.1 Å². The van der Waals surface area contributed by atoms with Crippen molar-refractivity contribution in [2.75, 3.05) is 53.4 Å². The van der Waals surface area contributed by atoms with E-state index in [4.69, 9.17) is 18.4 Å². The number of likely N-dealkylation sites (N-methyl/N-ethyl adjacent to an activating group) is 1. The quantitative estimate of drug-likeness (QED) is 0.0565. The van der Waals surface area contributed by atoms with Crippen LogP contribution in [-0.2, 0) is 28.5 Å². The average Bonchev–Trinajstić information content (AvgIpc) is 2.94. The molecule has 9 heteroatoms. The molecule has 0 heterocycles. The Hall–Kier alpha value is -0.900. The van der Waals surface area contributed by atoms with Crippen molar-refractivity contribution in [3.63, 3.8) is 0 Å². The molecule has 1 amide bonds. The molecular formula is C33H67NO7S. The van der Waals surface area contributed by atoms with Gasteiger partial charge in [-0.1, -0.05) is 122 Å². The molecule has 0 aliphatic heterocycles. The zero-order chi connectivity index (χ0) is 31.4. The summed E-state index contributed by atoms with van der Waals surface area (Å²) in [4.78, 5) is 14.0. The SMILES string of the molecule is CCCCCCCCCCCCCCCCCCOC(=O)N(C)CC(C)(COCCCCCCCOS(C)(=O)=O)OC. The first kappa shape index (κ1) is 41.1. The van der Waals surface area contributed by atoms with Crippen LogP contribution in [0.25, 0.3) is 0 Å². The Bertz CT molecular complexity index is 719. The number of rotatable bonds is 31. The Labute approximate surface area is 260 Å². The van der Waals surface area contributed by atoms with E-state index in [2.05, 4.69) is 6.92 Å². The molecular weight excluding hydrogens is 554 g/mol. The number of ether oxygens (including phenoxy) is 3. The fourth-order valence-electron chi connectivity index (χ4n) is 4.99. The normalized spacial score (nSPS) is 13.3. The van der Waals surface area contributed by atoms with E-state index in [0.29, 0.717) is 26.4 Å². The summed E-state index contributed by atoms with van der Waals surface area (Å²) in [5.74, 6) is 0. The van der Waals surface area contributed by atoms with Crippen LogP contribution in [0.3, 0.4) is 0 Å². The lowest BCUT2D eigenvalue weighted by Gasteiger charge is -2.32. The van der Waals surface area contributed by atoms with Gasteiger partial charge in [-0.05, 0) is 26.2 Å². The van der Waals surface area contributed by atoms with Crippen molar-refractivity contribution in [1.29, 1.82) is 0 Å². The minimum Gasteiger partial charge on any atom is -0.449 e. The molecule has 1 unspecified atom stereocenters. The van der Waals surface area contributed by atoms with E-state index in [1.807, 2.05) is 6.92 Å². The fraction of sp³-hybridized carbons (Fsp3) is 0.970. The zero-order valence-electron chi connectivity index (χ0n) is 28.1. The molecule has 1 atom stereocenters. The van der Waals surface area contributed by atoms with Gasteiger partial charge in [-0.25, -0.2) is 4.79 Å². The standard InChI is InChI=1S/C33H67NO7S/c1-6-7-8-9-10-11-12-13-14-15-16-17-18-19-22-25-28-40-32(35)34(3)30-33(2,38-4)31-39-27-24-21-20-23-26-29-41-42(5,36)37/h6-31H2,1-5H3. The molecule has 0 aliphatic rings. The molecule has 0 rings (SSSR count). The lowest BCUT2D eigenvalue weighted by Crippen LogP contribution is -2.46. The molecule has 0 aliphatic carbocycles. The zero-order valence-corrected chi connectivity index (χ0v) is 28.9. The van der Waals surface area contributed by atoms with E-state index in [1.54, 1.807) is 19.1 Å². The predicted octanol–water partition coefficient (Wildman–Crippen LogP) is 8.66. The average molecular weight is 622 g/mol. The Kier molecular flexibility index (Phi) is 27.0. The lowest BCUT2D eigenvalue weighted by molar-refractivity contribution is -0.0756. The molecule has 0 saturated carbocycles. The maximum atomic E-state index is 12.4. The van der Waals surface area contributed by atoms with Crippen LogP contribution in [0.5, 0.6) is 0 Å². The van der Waals surface area contributed by atoms with Crippen LogP contribution >= 0.6 is 0 Å². The molecule has 0 bridgehead atoms. The maximum Gasteiger partial charge on any atom is 0.409 e. The van der Waals surface area contributed by atoms with Gasteiger partial charge in [-0.2, -0.15) is 8.42 Å². The van der Waals surface area contributed by atoms with Gasteiger partial charge < -0.3 is 19.1 Å². The Balaban J connectivity index is 3.68. The summed E-state index contributed by atoms with van der Waals surface area (Å²) in [5.41, 5.74) is -0.606. The van der Waals surface area contributed by atoms with Crippen LogP contribution in [0.15, 0.2) is 0 Å². The highest BCUT2D eigenvalue weighted by Gasteiger charge is 2.28. The predicted molar refractivity (Wildman–Crippen MR) is 174 cm³/mol. The van der Waals surface area contributed by atoms with Crippen molar-refractivity contribution < 1.29 is 31.6 Å². The molecule has 0 fully saturated rings. The number of carbonyl (C=O) groups excluding carboxylic acids is 1. The Morgan fingerprint density at radius 3 is 1.50 bits per heavy atom. The second kappa shape index (κ2) is 27.6. The van der Waals surface area contributed by atoms with Crippen molar-refractivity contribution in [2.45, 2.75) is 154 Å². The Morgan fingerprint density at radius 1 is 0.667 bits per heavy atom. The van der Waals surface area contributed by atoms with Gasteiger partial charge in [-0.15, -0.1) is 0 Å². The molecule has 252 valence electrons. The van der Waals surface area contributed by atoms with Crippen LogP contribution in [-0.4, -0.2) is 78.4 Å². The first-order valence-electron chi connectivity index (χ1n) is 17.0.